The fourth-order valence-electron chi connectivity index (χ4n) is 1.26. The SMILES string of the molecule is CCCCC(=O)NC(C)c1cccs1. The predicted octanol–water partition coefficient (Wildman–Crippen LogP) is 3.12. The van der Waals surface area contributed by atoms with Gasteiger partial charge in [0.25, 0.3) is 0 Å². The molecule has 2 nitrogen and oxygen atoms in total. The zero-order chi connectivity index (χ0) is 10.4. The molecular formula is C11H17NOS. The molecule has 0 aliphatic rings. The van der Waals surface area contributed by atoms with Gasteiger partial charge in [-0.25, -0.2) is 0 Å². The van der Waals surface area contributed by atoms with E-state index in [1.54, 1.807) is 11.3 Å². The molecule has 1 aromatic rings. The van der Waals surface area contributed by atoms with Crippen LogP contribution in [0, 0.1) is 0 Å². The van der Waals surface area contributed by atoms with Gasteiger partial charge in [0.05, 0.1) is 6.04 Å². The quantitative estimate of drug-likeness (QED) is 0.796. The highest BCUT2D eigenvalue weighted by atomic mass is 32.1. The lowest BCUT2D eigenvalue weighted by atomic mass is 10.2. The van der Waals surface area contributed by atoms with Crippen LogP contribution in [-0.2, 0) is 4.79 Å². The van der Waals surface area contributed by atoms with Crippen molar-refractivity contribution in [2.45, 2.75) is 39.2 Å². The van der Waals surface area contributed by atoms with Gasteiger partial charge < -0.3 is 5.32 Å². The Morgan fingerprint density at radius 3 is 3.00 bits per heavy atom. The van der Waals surface area contributed by atoms with E-state index in [0.29, 0.717) is 6.42 Å². The smallest absolute Gasteiger partial charge is 0.220 e. The fourth-order valence-corrected chi connectivity index (χ4v) is 1.99. The van der Waals surface area contributed by atoms with Crippen molar-refractivity contribution in [3.8, 4) is 0 Å². The molecule has 14 heavy (non-hydrogen) atoms. The first-order valence-corrected chi connectivity index (χ1v) is 5.94. The maximum Gasteiger partial charge on any atom is 0.220 e. The molecule has 0 fully saturated rings. The zero-order valence-corrected chi connectivity index (χ0v) is 9.56. The van der Waals surface area contributed by atoms with Crippen molar-refractivity contribution in [1.29, 1.82) is 0 Å². The van der Waals surface area contributed by atoms with Gasteiger partial charge in [0, 0.05) is 11.3 Å². The van der Waals surface area contributed by atoms with Crippen LogP contribution < -0.4 is 5.32 Å². The minimum atomic E-state index is 0.152. The van der Waals surface area contributed by atoms with E-state index in [2.05, 4.69) is 18.3 Å². The van der Waals surface area contributed by atoms with Crippen LogP contribution in [0.25, 0.3) is 0 Å². The summed E-state index contributed by atoms with van der Waals surface area (Å²) in [6, 6.07) is 4.21. The Hall–Kier alpha value is -0.830. The van der Waals surface area contributed by atoms with Crippen LogP contribution in [-0.4, -0.2) is 5.91 Å². The molecule has 1 rings (SSSR count). The Labute approximate surface area is 89.3 Å². The molecule has 0 aromatic carbocycles. The summed E-state index contributed by atoms with van der Waals surface area (Å²) in [5.41, 5.74) is 0. The van der Waals surface area contributed by atoms with Crippen LogP contribution in [0.1, 0.15) is 44.0 Å². The number of hydrogen-bond acceptors (Lipinski definition) is 2. The second-order valence-electron chi connectivity index (χ2n) is 3.41. The maximum atomic E-state index is 11.4. The molecule has 1 aromatic heterocycles. The lowest BCUT2D eigenvalue weighted by Gasteiger charge is -2.11. The summed E-state index contributed by atoms with van der Waals surface area (Å²) in [7, 11) is 0. The molecule has 1 amide bonds. The van der Waals surface area contributed by atoms with Crippen molar-refractivity contribution in [3.05, 3.63) is 22.4 Å². The molecule has 3 heteroatoms. The van der Waals surface area contributed by atoms with Crippen LogP contribution in [0.15, 0.2) is 17.5 Å². The van der Waals surface area contributed by atoms with Gasteiger partial charge in [-0.15, -0.1) is 11.3 Å². The zero-order valence-electron chi connectivity index (χ0n) is 8.75. The van der Waals surface area contributed by atoms with E-state index >= 15 is 0 Å². The standard InChI is InChI=1S/C11H17NOS/c1-3-4-7-11(13)12-9(2)10-6-5-8-14-10/h5-6,8-9H,3-4,7H2,1-2H3,(H,12,13). The number of rotatable bonds is 5. The number of hydrogen-bond donors (Lipinski definition) is 1. The average molecular weight is 211 g/mol. The molecule has 0 radical (unpaired) electrons. The summed E-state index contributed by atoms with van der Waals surface area (Å²) in [6.45, 7) is 4.12. The summed E-state index contributed by atoms with van der Waals surface area (Å²) in [4.78, 5) is 12.6. The van der Waals surface area contributed by atoms with E-state index in [9.17, 15) is 4.79 Å². The normalized spacial score (nSPS) is 12.4. The first kappa shape index (κ1) is 11.2. The number of amides is 1. The Morgan fingerprint density at radius 2 is 2.43 bits per heavy atom. The molecule has 1 atom stereocenters. The van der Waals surface area contributed by atoms with E-state index in [1.165, 1.54) is 4.88 Å². The first-order chi connectivity index (χ1) is 6.74. The van der Waals surface area contributed by atoms with Gasteiger partial charge in [-0.3, -0.25) is 4.79 Å². The van der Waals surface area contributed by atoms with Gasteiger partial charge in [0.15, 0.2) is 0 Å². The monoisotopic (exact) mass is 211 g/mol. The van der Waals surface area contributed by atoms with Crippen molar-refractivity contribution < 1.29 is 4.79 Å². The molecular weight excluding hydrogens is 194 g/mol. The van der Waals surface area contributed by atoms with Crippen LogP contribution in [0.5, 0.6) is 0 Å². The Kier molecular flexibility index (Phi) is 4.66. The number of unbranched alkanes of at least 4 members (excludes halogenated alkanes) is 1. The van der Waals surface area contributed by atoms with Gasteiger partial charge in [-0.05, 0) is 24.8 Å². The van der Waals surface area contributed by atoms with Gasteiger partial charge in [-0.2, -0.15) is 0 Å². The van der Waals surface area contributed by atoms with E-state index in [1.807, 2.05) is 18.4 Å². The van der Waals surface area contributed by atoms with Crippen molar-refractivity contribution in [3.63, 3.8) is 0 Å². The molecule has 0 saturated carbocycles. The number of carbonyl (C=O) groups is 1. The first-order valence-electron chi connectivity index (χ1n) is 5.06. The molecule has 0 bridgehead atoms. The molecule has 78 valence electrons. The summed E-state index contributed by atoms with van der Waals surface area (Å²) < 4.78 is 0. The van der Waals surface area contributed by atoms with Crippen LogP contribution in [0.4, 0.5) is 0 Å². The molecule has 0 aliphatic carbocycles. The number of carbonyl (C=O) groups excluding carboxylic acids is 1. The number of thiophene rings is 1. The van der Waals surface area contributed by atoms with Crippen molar-refractivity contribution in [1.82, 2.24) is 5.32 Å². The predicted molar refractivity (Wildman–Crippen MR) is 60.4 cm³/mol. The van der Waals surface area contributed by atoms with Gasteiger partial charge in [-0.1, -0.05) is 19.4 Å². The highest BCUT2D eigenvalue weighted by Gasteiger charge is 2.09. The average Bonchev–Trinajstić information content (AvgIpc) is 2.67. The topological polar surface area (TPSA) is 29.1 Å². The second kappa shape index (κ2) is 5.81. The van der Waals surface area contributed by atoms with Crippen LogP contribution in [0.3, 0.4) is 0 Å². The lowest BCUT2D eigenvalue weighted by molar-refractivity contribution is -0.121. The van der Waals surface area contributed by atoms with E-state index in [0.717, 1.165) is 12.8 Å². The molecule has 0 aliphatic heterocycles. The third kappa shape index (κ3) is 3.50. The van der Waals surface area contributed by atoms with Crippen molar-refractivity contribution in [2.75, 3.05) is 0 Å². The highest BCUT2D eigenvalue weighted by Crippen LogP contribution is 2.18. The van der Waals surface area contributed by atoms with Gasteiger partial charge in [0.2, 0.25) is 5.91 Å². The maximum absolute atomic E-state index is 11.4. The summed E-state index contributed by atoms with van der Waals surface area (Å²) in [5, 5.41) is 5.02. The minimum Gasteiger partial charge on any atom is -0.349 e. The van der Waals surface area contributed by atoms with Crippen molar-refractivity contribution >= 4 is 17.2 Å². The van der Waals surface area contributed by atoms with E-state index in [-0.39, 0.29) is 11.9 Å². The van der Waals surface area contributed by atoms with Crippen LogP contribution in [0.2, 0.25) is 0 Å². The lowest BCUT2D eigenvalue weighted by Crippen LogP contribution is -2.25. The third-order valence-electron chi connectivity index (χ3n) is 2.10. The molecule has 1 unspecified atom stereocenters. The molecule has 0 saturated heterocycles. The summed E-state index contributed by atoms with van der Waals surface area (Å²) in [5.74, 6) is 0.160. The van der Waals surface area contributed by atoms with E-state index in [4.69, 9.17) is 0 Å². The van der Waals surface area contributed by atoms with Crippen molar-refractivity contribution in [2.24, 2.45) is 0 Å². The van der Waals surface area contributed by atoms with Gasteiger partial charge >= 0.3 is 0 Å². The number of nitrogens with one attached hydrogen (secondary N) is 1. The van der Waals surface area contributed by atoms with Gasteiger partial charge in [0.1, 0.15) is 0 Å². The Balaban J connectivity index is 2.33. The molecule has 1 N–H and O–H groups in total. The Bertz CT molecular complexity index is 269. The third-order valence-corrected chi connectivity index (χ3v) is 3.16. The fraction of sp³-hybridized carbons (Fsp3) is 0.545. The highest BCUT2D eigenvalue weighted by molar-refractivity contribution is 7.10. The van der Waals surface area contributed by atoms with E-state index < -0.39 is 0 Å². The van der Waals surface area contributed by atoms with Crippen LogP contribution >= 0.6 is 11.3 Å². The molecule has 1 heterocycles. The molecule has 0 spiro atoms. The second-order valence-corrected chi connectivity index (χ2v) is 4.39. The Morgan fingerprint density at radius 1 is 1.64 bits per heavy atom. The summed E-state index contributed by atoms with van der Waals surface area (Å²) >= 11 is 1.68. The minimum absolute atomic E-state index is 0.152. The largest absolute Gasteiger partial charge is 0.349 e. The summed E-state index contributed by atoms with van der Waals surface area (Å²) in [6.07, 6.45) is 2.69.